The number of amides is 1. The van der Waals surface area contributed by atoms with Gasteiger partial charge in [0.2, 0.25) is 5.91 Å². The standard InChI is InChI=1S/C9H18N2O4/c1-10-8-5-15-4-7(8)9(14)11-6(2-12)3-13/h6-8,10,12-13H,2-5H2,1H3,(H,11,14). The number of ether oxygens (including phenoxy) is 1. The number of aliphatic hydroxyl groups excluding tert-OH is 2. The highest BCUT2D eigenvalue weighted by atomic mass is 16.5. The van der Waals surface area contributed by atoms with Crippen LogP contribution in [0, 0.1) is 5.92 Å². The Morgan fingerprint density at radius 1 is 1.47 bits per heavy atom. The van der Waals surface area contributed by atoms with E-state index in [0.717, 1.165) is 0 Å². The van der Waals surface area contributed by atoms with E-state index in [1.807, 2.05) is 0 Å². The average Bonchev–Trinajstić information content (AvgIpc) is 2.73. The molecule has 0 aromatic rings. The second kappa shape index (κ2) is 6.02. The lowest BCUT2D eigenvalue weighted by Gasteiger charge is -2.19. The molecule has 6 heteroatoms. The van der Waals surface area contributed by atoms with Gasteiger partial charge in [-0.15, -0.1) is 0 Å². The molecule has 1 aliphatic rings. The van der Waals surface area contributed by atoms with E-state index in [1.54, 1.807) is 7.05 Å². The molecule has 0 aromatic heterocycles. The quantitative estimate of drug-likeness (QED) is 0.416. The summed E-state index contributed by atoms with van der Waals surface area (Å²) in [6.45, 7) is 0.360. The van der Waals surface area contributed by atoms with Crippen LogP contribution in [0.4, 0.5) is 0 Å². The zero-order valence-corrected chi connectivity index (χ0v) is 8.77. The van der Waals surface area contributed by atoms with Gasteiger partial charge in [0.1, 0.15) is 0 Å². The molecule has 2 unspecified atom stereocenters. The Hall–Kier alpha value is -0.690. The molecule has 1 heterocycles. The summed E-state index contributed by atoms with van der Waals surface area (Å²) in [5.74, 6) is -0.449. The number of aliphatic hydroxyl groups is 2. The highest BCUT2D eigenvalue weighted by Crippen LogP contribution is 2.13. The fourth-order valence-electron chi connectivity index (χ4n) is 1.55. The minimum absolute atomic E-state index is 0.00281. The largest absolute Gasteiger partial charge is 0.394 e. The SMILES string of the molecule is CNC1COCC1C(=O)NC(CO)CO. The van der Waals surface area contributed by atoms with Gasteiger partial charge in [-0.25, -0.2) is 0 Å². The molecule has 1 aliphatic heterocycles. The topological polar surface area (TPSA) is 90.8 Å². The molecular formula is C9H18N2O4. The first kappa shape index (κ1) is 12.4. The van der Waals surface area contributed by atoms with Crippen LogP contribution in [0.2, 0.25) is 0 Å². The molecule has 0 spiro atoms. The molecular weight excluding hydrogens is 200 g/mol. The first-order valence-electron chi connectivity index (χ1n) is 5.00. The Kier molecular flexibility index (Phi) is 4.97. The smallest absolute Gasteiger partial charge is 0.227 e. The van der Waals surface area contributed by atoms with Gasteiger partial charge in [0, 0.05) is 6.04 Å². The van der Waals surface area contributed by atoms with Crippen molar-refractivity contribution in [2.24, 2.45) is 5.92 Å². The van der Waals surface area contributed by atoms with Gasteiger partial charge in [-0.1, -0.05) is 0 Å². The van der Waals surface area contributed by atoms with Gasteiger partial charge >= 0.3 is 0 Å². The minimum Gasteiger partial charge on any atom is -0.394 e. The molecule has 0 aliphatic carbocycles. The molecule has 1 amide bonds. The normalized spacial score (nSPS) is 25.9. The Labute approximate surface area is 88.6 Å². The molecule has 6 nitrogen and oxygen atoms in total. The van der Waals surface area contributed by atoms with E-state index in [4.69, 9.17) is 14.9 Å². The van der Waals surface area contributed by atoms with Crippen LogP contribution in [0.3, 0.4) is 0 Å². The maximum Gasteiger partial charge on any atom is 0.227 e. The van der Waals surface area contributed by atoms with Crippen molar-refractivity contribution in [1.29, 1.82) is 0 Å². The van der Waals surface area contributed by atoms with Crippen molar-refractivity contribution in [3.63, 3.8) is 0 Å². The molecule has 15 heavy (non-hydrogen) atoms. The summed E-state index contributed by atoms with van der Waals surface area (Å²) in [4.78, 5) is 11.7. The summed E-state index contributed by atoms with van der Waals surface area (Å²) in [5.41, 5.74) is 0. The van der Waals surface area contributed by atoms with Crippen LogP contribution < -0.4 is 10.6 Å². The summed E-state index contributed by atoms with van der Waals surface area (Å²) in [6.07, 6.45) is 0. The second-order valence-electron chi connectivity index (χ2n) is 3.61. The molecule has 0 aromatic carbocycles. The zero-order chi connectivity index (χ0) is 11.3. The lowest BCUT2D eigenvalue weighted by atomic mass is 10.0. The number of likely N-dealkylation sites (N-methyl/N-ethyl adjacent to an activating group) is 1. The van der Waals surface area contributed by atoms with Crippen molar-refractivity contribution in [2.45, 2.75) is 12.1 Å². The van der Waals surface area contributed by atoms with Crippen molar-refractivity contribution in [2.75, 3.05) is 33.5 Å². The molecule has 1 rings (SSSR count). The minimum atomic E-state index is -0.587. The second-order valence-corrected chi connectivity index (χ2v) is 3.61. The number of rotatable bonds is 5. The van der Waals surface area contributed by atoms with E-state index in [-0.39, 0.29) is 31.1 Å². The molecule has 2 atom stereocenters. The van der Waals surface area contributed by atoms with Crippen LogP contribution in [0.5, 0.6) is 0 Å². The van der Waals surface area contributed by atoms with Crippen molar-refractivity contribution in [1.82, 2.24) is 10.6 Å². The number of nitrogens with one attached hydrogen (secondary N) is 2. The molecule has 1 fully saturated rings. The van der Waals surface area contributed by atoms with Gasteiger partial charge in [0.15, 0.2) is 0 Å². The lowest BCUT2D eigenvalue weighted by molar-refractivity contribution is -0.126. The first-order valence-corrected chi connectivity index (χ1v) is 5.00. The predicted octanol–water partition coefficient (Wildman–Crippen LogP) is -2.31. The van der Waals surface area contributed by atoms with E-state index < -0.39 is 6.04 Å². The van der Waals surface area contributed by atoms with Crippen LogP contribution in [-0.4, -0.2) is 61.7 Å². The zero-order valence-electron chi connectivity index (χ0n) is 8.77. The van der Waals surface area contributed by atoms with Crippen molar-refractivity contribution < 1.29 is 19.7 Å². The van der Waals surface area contributed by atoms with E-state index in [0.29, 0.717) is 13.2 Å². The fourth-order valence-corrected chi connectivity index (χ4v) is 1.55. The van der Waals surface area contributed by atoms with Gasteiger partial charge in [0.05, 0.1) is 38.4 Å². The summed E-state index contributed by atoms with van der Waals surface area (Å²) >= 11 is 0. The number of carbonyl (C=O) groups excluding carboxylic acids is 1. The van der Waals surface area contributed by atoms with Crippen LogP contribution in [0.25, 0.3) is 0 Å². The molecule has 4 N–H and O–H groups in total. The van der Waals surface area contributed by atoms with Crippen molar-refractivity contribution in [3.8, 4) is 0 Å². The van der Waals surface area contributed by atoms with Crippen molar-refractivity contribution >= 4 is 5.91 Å². The van der Waals surface area contributed by atoms with Crippen LogP contribution in [0.15, 0.2) is 0 Å². The summed E-state index contributed by atoms with van der Waals surface area (Å²) in [6, 6.07) is -0.585. The molecule has 88 valence electrons. The van der Waals surface area contributed by atoms with Crippen LogP contribution in [-0.2, 0) is 9.53 Å². The number of hydrogen-bond donors (Lipinski definition) is 4. The maximum atomic E-state index is 11.7. The third-order valence-corrected chi connectivity index (χ3v) is 2.58. The summed E-state index contributed by atoms with van der Waals surface area (Å²) in [5, 5.41) is 23.2. The van der Waals surface area contributed by atoms with Crippen LogP contribution in [0.1, 0.15) is 0 Å². The lowest BCUT2D eigenvalue weighted by Crippen LogP contribution is -2.48. The molecule has 0 radical (unpaired) electrons. The maximum absolute atomic E-state index is 11.7. The highest BCUT2D eigenvalue weighted by molar-refractivity contribution is 5.80. The van der Waals surface area contributed by atoms with Gasteiger partial charge in [-0.3, -0.25) is 4.79 Å². The van der Waals surface area contributed by atoms with E-state index in [2.05, 4.69) is 10.6 Å². The van der Waals surface area contributed by atoms with Gasteiger partial charge in [0.25, 0.3) is 0 Å². The highest BCUT2D eigenvalue weighted by Gasteiger charge is 2.33. The number of carbonyl (C=O) groups is 1. The third-order valence-electron chi connectivity index (χ3n) is 2.58. The Balaban J connectivity index is 2.45. The van der Waals surface area contributed by atoms with Crippen LogP contribution >= 0.6 is 0 Å². The summed E-state index contributed by atoms with van der Waals surface area (Å²) in [7, 11) is 1.77. The van der Waals surface area contributed by atoms with Crippen molar-refractivity contribution in [3.05, 3.63) is 0 Å². The summed E-state index contributed by atoms with van der Waals surface area (Å²) < 4.78 is 5.18. The Bertz CT molecular complexity index is 208. The van der Waals surface area contributed by atoms with Gasteiger partial charge < -0.3 is 25.6 Å². The predicted molar refractivity (Wildman–Crippen MR) is 53.3 cm³/mol. The monoisotopic (exact) mass is 218 g/mol. The van der Waals surface area contributed by atoms with Gasteiger partial charge in [-0.2, -0.15) is 0 Å². The Morgan fingerprint density at radius 3 is 2.67 bits per heavy atom. The Morgan fingerprint density at radius 2 is 2.13 bits per heavy atom. The molecule has 0 saturated carbocycles. The first-order chi connectivity index (χ1) is 7.22. The van der Waals surface area contributed by atoms with E-state index >= 15 is 0 Å². The fraction of sp³-hybridized carbons (Fsp3) is 0.889. The van der Waals surface area contributed by atoms with E-state index in [9.17, 15) is 4.79 Å². The van der Waals surface area contributed by atoms with E-state index in [1.165, 1.54) is 0 Å². The van der Waals surface area contributed by atoms with Gasteiger partial charge in [-0.05, 0) is 7.05 Å². The number of hydrogen-bond acceptors (Lipinski definition) is 5. The third kappa shape index (κ3) is 3.13. The molecule has 1 saturated heterocycles. The molecule has 0 bridgehead atoms. The average molecular weight is 218 g/mol.